The van der Waals surface area contributed by atoms with Crippen LogP contribution in [0.4, 0.5) is 21.9 Å². The van der Waals surface area contributed by atoms with Crippen LogP contribution in [0.1, 0.15) is 29.2 Å². The molecule has 0 bridgehead atoms. The van der Waals surface area contributed by atoms with Crippen LogP contribution < -0.4 is 20.7 Å². The summed E-state index contributed by atoms with van der Waals surface area (Å²) >= 11 is 1.40. The monoisotopic (exact) mass is 466 g/mol. The van der Waals surface area contributed by atoms with Crippen LogP contribution in [0, 0.1) is 10.1 Å². The number of anilines is 2. The van der Waals surface area contributed by atoms with E-state index in [0.717, 1.165) is 19.3 Å². The van der Waals surface area contributed by atoms with Gasteiger partial charge in [0.15, 0.2) is 0 Å². The number of nitrogens with zero attached hydrogens (tertiary/aromatic N) is 1. The van der Waals surface area contributed by atoms with E-state index in [0.29, 0.717) is 11.3 Å². The Morgan fingerprint density at radius 2 is 1.91 bits per heavy atom. The molecule has 0 spiro atoms. The molecule has 0 saturated carbocycles. The molecule has 0 saturated heterocycles. The minimum atomic E-state index is -0.964. The van der Waals surface area contributed by atoms with Crippen LogP contribution in [0.2, 0.25) is 0 Å². The van der Waals surface area contributed by atoms with Crippen molar-refractivity contribution in [3.63, 3.8) is 0 Å². The number of ether oxygens (including phenoxy) is 1. The number of non-ortho nitro benzene ring substituents is 1. The highest BCUT2D eigenvalue weighted by Crippen LogP contribution is 2.29. The summed E-state index contributed by atoms with van der Waals surface area (Å²) in [7, 11) is 1.39. The molecule has 2 aromatic carbocycles. The third-order valence-electron chi connectivity index (χ3n) is 5.42. The molecule has 170 valence electrons. The van der Waals surface area contributed by atoms with Gasteiger partial charge in [0.1, 0.15) is 11.8 Å². The average Bonchev–Trinajstić information content (AvgIpc) is 3.49. The zero-order valence-corrected chi connectivity index (χ0v) is 18.6. The number of hydrogen-bond acceptors (Lipinski definition) is 6. The molecule has 1 heterocycles. The SMILES string of the molecule is COc1ccc([N+](=O)[O-])cc1NC(=O)NC(C(=O)Nc1ccc2c(c1)CCC2)c1ccsc1. The molecule has 0 radical (unpaired) electrons. The largest absolute Gasteiger partial charge is 0.495 e. The Kier molecular flexibility index (Phi) is 6.55. The maximum Gasteiger partial charge on any atom is 0.320 e. The molecule has 33 heavy (non-hydrogen) atoms. The summed E-state index contributed by atoms with van der Waals surface area (Å²) in [4.78, 5) is 36.4. The van der Waals surface area contributed by atoms with Gasteiger partial charge in [-0.2, -0.15) is 11.3 Å². The Hall–Kier alpha value is -3.92. The van der Waals surface area contributed by atoms with E-state index < -0.39 is 22.9 Å². The average molecular weight is 467 g/mol. The highest BCUT2D eigenvalue weighted by atomic mass is 32.1. The fourth-order valence-corrected chi connectivity index (χ4v) is 4.49. The van der Waals surface area contributed by atoms with Crippen LogP contribution in [0.25, 0.3) is 0 Å². The van der Waals surface area contributed by atoms with Gasteiger partial charge in [0.05, 0.1) is 17.7 Å². The van der Waals surface area contributed by atoms with Crippen LogP contribution in [-0.2, 0) is 17.6 Å². The molecule has 3 amide bonds. The Balaban J connectivity index is 1.51. The smallest absolute Gasteiger partial charge is 0.320 e. The third-order valence-corrected chi connectivity index (χ3v) is 6.12. The first kappa shape index (κ1) is 22.3. The second kappa shape index (κ2) is 9.70. The number of carbonyl (C=O) groups excluding carboxylic acids is 2. The van der Waals surface area contributed by atoms with Crippen LogP contribution in [-0.4, -0.2) is 24.0 Å². The fourth-order valence-electron chi connectivity index (χ4n) is 3.80. The van der Waals surface area contributed by atoms with Crippen molar-refractivity contribution < 1.29 is 19.2 Å². The number of methoxy groups -OCH3 is 1. The first-order chi connectivity index (χ1) is 15.9. The number of benzene rings is 2. The van der Waals surface area contributed by atoms with Gasteiger partial charge in [-0.15, -0.1) is 0 Å². The van der Waals surface area contributed by atoms with E-state index in [1.54, 1.807) is 11.4 Å². The maximum atomic E-state index is 13.1. The van der Waals surface area contributed by atoms with Gasteiger partial charge in [0.25, 0.3) is 11.6 Å². The van der Waals surface area contributed by atoms with E-state index in [1.165, 1.54) is 47.8 Å². The number of nitro benzene ring substituents is 1. The van der Waals surface area contributed by atoms with Crippen molar-refractivity contribution in [2.45, 2.75) is 25.3 Å². The van der Waals surface area contributed by atoms with Crippen LogP contribution in [0.3, 0.4) is 0 Å². The van der Waals surface area contributed by atoms with E-state index >= 15 is 0 Å². The Bertz CT molecular complexity index is 1200. The molecule has 1 unspecified atom stereocenters. The summed E-state index contributed by atoms with van der Waals surface area (Å²) in [5.41, 5.74) is 3.74. The number of carbonyl (C=O) groups is 2. The lowest BCUT2D eigenvalue weighted by atomic mass is 10.1. The second-order valence-electron chi connectivity index (χ2n) is 7.56. The van der Waals surface area contributed by atoms with Gasteiger partial charge in [0, 0.05) is 17.8 Å². The first-order valence-corrected chi connectivity index (χ1v) is 11.2. The Morgan fingerprint density at radius 3 is 2.64 bits per heavy atom. The zero-order chi connectivity index (χ0) is 23.4. The number of rotatable bonds is 7. The van der Waals surface area contributed by atoms with Crippen molar-refractivity contribution >= 4 is 40.3 Å². The molecule has 10 heteroatoms. The van der Waals surface area contributed by atoms with Crippen LogP contribution >= 0.6 is 11.3 Å². The van der Waals surface area contributed by atoms with E-state index in [2.05, 4.69) is 16.0 Å². The highest BCUT2D eigenvalue weighted by Gasteiger charge is 2.25. The Labute approximate surface area is 193 Å². The second-order valence-corrected chi connectivity index (χ2v) is 8.34. The molecule has 1 aromatic heterocycles. The highest BCUT2D eigenvalue weighted by molar-refractivity contribution is 7.08. The molecule has 4 rings (SSSR count). The molecule has 9 nitrogen and oxygen atoms in total. The maximum absolute atomic E-state index is 13.1. The summed E-state index contributed by atoms with van der Waals surface area (Å²) in [6.45, 7) is 0. The number of thiophene rings is 1. The number of amides is 3. The van der Waals surface area contributed by atoms with Crippen molar-refractivity contribution in [3.05, 3.63) is 80.0 Å². The van der Waals surface area contributed by atoms with Crippen LogP contribution in [0.5, 0.6) is 5.75 Å². The predicted octanol–water partition coefficient (Wildman–Crippen LogP) is 4.66. The van der Waals surface area contributed by atoms with Gasteiger partial charge < -0.3 is 20.7 Å². The predicted molar refractivity (Wildman–Crippen MR) is 126 cm³/mol. The normalized spacial score (nSPS) is 13.0. The minimum Gasteiger partial charge on any atom is -0.495 e. The lowest BCUT2D eigenvalue weighted by molar-refractivity contribution is -0.384. The van der Waals surface area contributed by atoms with Gasteiger partial charge in [-0.3, -0.25) is 14.9 Å². The number of fused-ring (bicyclic) bond motifs is 1. The fraction of sp³-hybridized carbons (Fsp3) is 0.217. The zero-order valence-electron chi connectivity index (χ0n) is 17.8. The van der Waals surface area contributed by atoms with Gasteiger partial charge in [0.2, 0.25) is 0 Å². The molecule has 1 aliphatic carbocycles. The molecule has 3 aromatic rings. The molecule has 1 aliphatic rings. The van der Waals surface area contributed by atoms with Crippen molar-refractivity contribution in [3.8, 4) is 5.75 Å². The van der Waals surface area contributed by atoms with Crippen molar-refractivity contribution in [2.75, 3.05) is 17.7 Å². The number of urea groups is 1. The van der Waals surface area contributed by atoms with Crippen molar-refractivity contribution in [1.82, 2.24) is 5.32 Å². The van der Waals surface area contributed by atoms with Crippen LogP contribution in [0.15, 0.2) is 53.2 Å². The minimum absolute atomic E-state index is 0.118. The summed E-state index contributed by atoms with van der Waals surface area (Å²) in [6, 6.07) is 9.81. The molecule has 3 N–H and O–H groups in total. The summed E-state index contributed by atoms with van der Waals surface area (Å²) in [5.74, 6) is -0.141. The van der Waals surface area contributed by atoms with Crippen molar-refractivity contribution in [1.29, 1.82) is 0 Å². The van der Waals surface area contributed by atoms with Crippen molar-refractivity contribution in [2.24, 2.45) is 0 Å². The van der Waals surface area contributed by atoms with E-state index in [1.807, 2.05) is 23.6 Å². The Morgan fingerprint density at radius 1 is 1.09 bits per heavy atom. The lowest BCUT2D eigenvalue weighted by Gasteiger charge is -2.19. The molecule has 0 fully saturated rings. The third kappa shape index (κ3) is 5.12. The first-order valence-electron chi connectivity index (χ1n) is 10.3. The van der Waals surface area contributed by atoms with Gasteiger partial charge >= 0.3 is 6.03 Å². The van der Waals surface area contributed by atoms with Gasteiger partial charge in [-0.05, 0) is 71.0 Å². The van der Waals surface area contributed by atoms with E-state index in [-0.39, 0.29) is 17.1 Å². The number of aryl methyl sites for hydroxylation is 2. The van der Waals surface area contributed by atoms with Gasteiger partial charge in [-0.1, -0.05) is 6.07 Å². The molecular formula is C23H22N4O5S. The number of nitro groups is 1. The quantitative estimate of drug-likeness (QED) is 0.345. The summed E-state index contributed by atoms with van der Waals surface area (Å²) < 4.78 is 5.18. The molecular weight excluding hydrogens is 444 g/mol. The summed E-state index contributed by atoms with van der Waals surface area (Å²) in [5, 5.41) is 22.8. The lowest BCUT2D eigenvalue weighted by Crippen LogP contribution is -2.39. The molecule has 1 atom stereocenters. The standard InChI is InChI=1S/C23H22N4O5S/c1-32-20-8-7-18(27(30)31)12-19(20)25-23(29)26-21(16-9-10-33-13-16)22(28)24-17-6-5-14-3-2-4-15(14)11-17/h5-13,21H,2-4H2,1H3,(H,24,28)(H2,25,26,29). The van der Waals surface area contributed by atoms with E-state index in [4.69, 9.17) is 4.74 Å². The summed E-state index contributed by atoms with van der Waals surface area (Å²) in [6.07, 6.45) is 3.13. The number of nitrogens with one attached hydrogen (secondary N) is 3. The van der Waals surface area contributed by atoms with Gasteiger partial charge in [-0.25, -0.2) is 4.79 Å². The topological polar surface area (TPSA) is 123 Å². The van der Waals surface area contributed by atoms with E-state index in [9.17, 15) is 19.7 Å². The molecule has 0 aliphatic heterocycles. The number of hydrogen-bond donors (Lipinski definition) is 3.